The van der Waals surface area contributed by atoms with E-state index in [1.165, 1.54) is 0 Å². The number of aliphatic hydroxyl groups excluding tert-OH is 1. The summed E-state index contributed by atoms with van der Waals surface area (Å²) in [4.78, 5) is 33.6. The summed E-state index contributed by atoms with van der Waals surface area (Å²) >= 11 is 0. The van der Waals surface area contributed by atoms with Crippen LogP contribution in [-0.2, 0) is 27.5 Å². The van der Waals surface area contributed by atoms with Crippen molar-refractivity contribution in [3.05, 3.63) is 30.1 Å². The van der Waals surface area contributed by atoms with E-state index >= 15 is 0 Å². The maximum absolute atomic E-state index is 13.0. The van der Waals surface area contributed by atoms with Gasteiger partial charge in [-0.05, 0) is 18.6 Å². The van der Waals surface area contributed by atoms with Gasteiger partial charge in [0.2, 0.25) is 11.8 Å². The minimum Gasteiger partial charge on any atom is -0.388 e. The number of nitrogens with zero attached hydrogens (tertiary/aromatic N) is 4. The second kappa shape index (κ2) is 6.56. The number of hydrogen-bond acceptors (Lipinski definition) is 5. The van der Waals surface area contributed by atoms with Crippen LogP contribution in [0.25, 0.3) is 11.0 Å². The molecule has 8 heteroatoms. The van der Waals surface area contributed by atoms with E-state index in [1.54, 1.807) is 0 Å². The van der Waals surface area contributed by atoms with E-state index in [2.05, 4.69) is 4.98 Å². The van der Waals surface area contributed by atoms with Gasteiger partial charge in [-0.15, -0.1) is 0 Å². The van der Waals surface area contributed by atoms with E-state index in [0.717, 1.165) is 24.0 Å². The molecule has 5 rings (SSSR count). The number of aliphatic hydroxyl groups is 1. The Morgan fingerprint density at radius 2 is 2.18 bits per heavy atom. The Labute approximate surface area is 162 Å². The van der Waals surface area contributed by atoms with Gasteiger partial charge in [0.1, 0.15) is 12.4 Å². The molecule has 2 atom stereocenters. The number of imidazole rings is 1. The highest BCUT2D eigenvalue weighted by molar-refractivity contribution is 5.84. The van der Waals surface area contributed by atoms with Crippen LogP contribution in [0.3, 0.4) is 0 Å². The Morgan fingerprint density at radius 1 is 1.32 bits per heavy atom. The van der Waals surface area contributed by atoms with E-state index in [4.69, 9.17) is 4.74 Å². The van der Waals surface area contributed by atoms with E-state index < -0.39 is 5.72 Å². The van der Waals surface area contributed by atoms with Gasteiger partial charge in [-0.3, -0.25) is 9.59 Å². The first kappa shape index (κ1) is 17.6. The zero-order chi connectivity index (χ0) is 19.3. The monoisotopic (exact) mass is 384 g/mol. The third-order valence-electron chi connectivity index (χ3n) is 6.36. The quantitative estimate of drug-likeness (QED) is 0.845. The number of aryl methyl sites for hydroxylation is 1. The number of ether oxygens (including phenoxy) is 1. The van der Waals surface area contributed by atoms with Crippen LogP contribution in [-0.4, -0.2) is 67.7 Å². The molecule has 3 aliphatic heterocycles. The zero-order valence-electron chi connectivity index (χ0n) is 15.7. The molecule has 2 amide bonds. The topological polar surface area (TPSA) is 87.9 Å². The number of carbonyl (C=O) groups is 2. The number of likely N-dealkylation sites (tertiary alicyclic amines) is 1. The van der Waals surface area contributed by atoms with Gasteiger partial charge < -0.3 is 24.2 Å². The summed E-state index contributed by atoms with van der Waals surface area (Å²) in [5.41, 5.74) is 1.12. The van der Waals surface area contributed by atoms with Crippen molar-refractivity contribution in [3.8, 4) is 0 Å². The summed E-state index contributed by atoms with van der Waals surface area (Å²) in [5.74, 6) is 0.669. The van der Waals surface area contributed by atoms with Crippen LogP contribution >= 0.6 is 0 Å². The fourth-order valence-corrected chi connectivity index (χ4v) is 5.09. The minimum atomic E-state index is -0.608. The van der Waals surface area contributed by atoms with Crippen LogP contribution in [0.2, 0.25) is 0 Å². The van der Waals surface area contributed by atoms with Crippen molar-refractivity contribution in [1.29, 1.82) is 0 Å². The maximum Gasteiger partial charge on any atom is 0.227 e. The number of para-hydroxylation sites is 2. The molecular formula is C20H24N4O4. The predicted molar refractivity (Wildman–Crippen MR) is 100 cm³/mol. The Balaban J connectivity index is 1.34. The SMILES string of the molecule is O=C(CCn1c(CO)nc2ccccc21)N1CC[C@@]23OCCCN2C(=O)C[C@@H]13. The third kappa shape index (κ3) is 2.48. The van der Waals surface area contributed by atoms with Crippen molar-refractivity contribution in [1.82, 2.24) is 19.4 Å². The number of benzene rings is 1. The van der Waals surface area contributed by atoms with E-state index in [0.29, 0.717) is 44.8 Å². The van der Waals surface area contributed by atoms with Crippen molar-refractivity contribution in [2.45, 2.75) is 50.6 Å². The molecule has 148 valence electrons. The molecule has 3 fully saturated rings. The van der Waals surface area contributed by atoms with Gasteiger partial charge in [0.15, 0.2) is 5.72 Å². The Morgan fingerprint density at radius 3 is 3.04 bits per heavy atom. The smallest absolute Gasteiger partial charge is 0.227 e. The predicted octanol–water partition coefficient (Wildman–Crippen LogP) is 0.869. The van der Waals surface area contributed by atoms with Gasteiger partial charge in [0.25, 0.3) is 0 Å². The Hall–Kier alpha value is -2.45. The van der Waals surface area contributed by atoms with Crippen molar-refractivity contribution >= 4 is 22.8 Å². The number of rotatable bonds is 4. The van der Waals surface area contributed by atoms with Gasteiger partial charge in [0, 0.05) is 32.5 Å². The molecule has 0 bridgehead atoms. The molecule has 0 radical (unpaired) electrons. The maximum atomic E-state index is 13.0. The largest absolute Gasteiger partial charge is 0.388 e. The van der Waals surface area contributed by atoms with Crippen LogP contribution in [0.1, 0.15) is 31.5 Å². The van der Waals surface area contributed by atoms with Gasteiger partial charge in [-0.2, -0.15) is 0 Å². The summed E-state index contributed by atoms with van der Waals surface area (Å²) in [6.07, 6.45) is 2.19. The number of carbonyl (C=O) groups excluding carboxylic acids is 2. The molecule has 0 saturated carbocycles. The first-order chi connectivity index (χ1) is 13.6. The third-order valence-corrected chi connectivity index (χ3v) is 6.36. The Kier molecular flexibility index (Phi) is 4.13. The molecule has 2 aromatic rings. The fourth-order valence-electron chi connectivity index (χ4n) is 5.09. The zero-order valence-corrected chi connectivity index (χ0v) is 15.7. The van der Waals surface area contributed by atoms with Gasteiger partial charge in [-0.25, -0.2) is 4.98 Å². The average molecular weight is 384 g/mol. The highest BCUT2D eigenvalue weighted by Crippen LogP contribution is 2.45. The summed E-state index contributed by atoms with van der Waals surface area (Å²) in [5, 5.41) is 9.64. The lowest BCUT2D eigenvalue weighted by atomic mass is 10.0. The number of aromatic nitrogens is 2. The second-order valence-electron chi connectivity index (χ2n) is 7.73. The first-order valence-corrected chi connectivity index (χ1v) is 9.93. The molecule has 1 aromatic heterocycles. The van der Waals surface area contributed by atoms with Crippen LogP contribution in [0.5, 0.6) is 0 Å². The lowest BCUT2D eigenvalue weighted by molar-refractivity contribution is -0.181. The minimum absolute atomic E-state index is 0.0207. The molecule has 1 spiro atoms. The summed E-state index contributed by atoms with van der Waals surface area (Å²) in [6, 6.07) is 7.48. The molecular weight excluding hydrogens is 360 g/mol. The second-order valence-corrected chi connectivity index (χ2v) is 7.73. The highest BCUT2D eigenvalue weighted by atomic mass is 16.5. The Bertz CT molecular complexity index is 941. The fraction of sp³-hybridized carbons (Fsp3) is 0.550. The molecule has 8 nitrogen and oxygen atoms in total. The summed E-state index contributed by atoms with van der Waals surface area (Å²) < 4.78 is 7.98. The molecule has 1 aromatic carbocycles. The van der Waals surface area contributed by atoms with Crippen LogP contribution < -0.4 is 0 Å². The van der Waals surface area contributed by atoms with Crippen LogP contribution in [0.15, 0.2) is 24.3 Å². The average Bonchev–Trinajstić information content (AvgIpc) is 3.33. The van der Waals surface area contributed by atoms with Crippen LogP contribution in [0.4, 0.5) is 0 Å². The highest BCUT2D eigenvalue weighted by Gasteiger charge is 2.61. The number of hydrogen-bond donors (Lipinski definition) is 1. The molecule has 1 N–H and O–H groups in total. The summed E-state index contributed by atoms with van der Waals surface area (Å²) in [6.45, 7) is 2.26. The van der Waals surface area contributed by atoms with Crippen LogP contribution in [0, 0.1) is 0 Å². The standard InChI is InChI=1S/C20H24N4O4/c25-13-17-21-14-4-1-2-5-15(14)22(17)9-6-18(26)23-10-7-20-16(23)12-19(27)24(20)8-3-11-28-20/h1-2,4-5,16,25H,3,6-13H2/t16-,20+/m1/s1. The lowest BCUT2D eigenvalue weighted by Crippen LogP contribution is -2.56. The summed E-state index contributed by atoms with van der Waals surface area (Å²) in [7, 11) is 0. The molecule has 0 unspecified atom stereocenters. The van der Waals surface area contributed by atoms with E-state index in [1.807, 2.05) is 38.6 Å². The molecule has 3 saturated heterocycles. The molecule has 28 heavy (non-hydrogen) atoms. The first-order valence-electron chi connectivity index (χ1n) is 9.93. The van der Waals surface area contributed by atoms with Crippen molar-refractivity contribution in [2.75, 3.05) is 19.7 Å². The number of amides is 2. The van der Waals surface area contributed by atoms with Crippen molar-refractivity contribution < 1.29 is 19.4 Å². The van der Waals surface area contributed by atoms with Gasteiger partial charge in [-0.1, -0.05) is 12.1 Å². The number of fused-ring (bicyclic) bond motifs is 1. The normalized spacial score (nSPS) is 26.8. The van der Waals surface area contributed by atoms with E-state index in [9.17, 15) is 14.7 Å². The van der Waals surface area contributed by atoms with Crippen molar-refractivity contribution in [3.63, 3.8) is 0 Å². The van der Waals surface area contributed by atoms with E-state index in [-0.39, 0.29) is 24.5 Å². The molecule has 4 heterocycles. The van der Waals surface area contributed by atoms with Gasteiger partial charge in [0.05, 0.1) is 30.1 Å². The van der Waals surface area contributed by atoms with Gasteiger partial charge >= 0.3 is 0 Å². The molecule has 3 aliphatic rings. The van der Waals surface area contributed by atoms with Crippen molar-refractivity contribution in [2.24, 2.45) is 0 Å². The lowest BCUT2D eigenvalue weighted by Gasteiger charge is -2.42. The molecule has 0 aliphatic carbocycles.